The smallest absolute Gasteiger partial charge is 0.210 e. The number of rotatable bonds is 4. The number of nitriles is 1. The molecule has 1 unspecified atom stereocenters. The minimum Gasteiger partial charge on any atom is -0.461 e. The van der Waals surface area contributed by atoms with Crippen LogP contribution in [-0.2, 0) is 0 Å². The van der Waals surface area contributed by atoms with Crippen LogP contribution in [0.2, 0.25) is 0 Å². The fourth-order valence-electron chi connectivity index (χ4n) is 2.50. The molecule has 3 aromatic rings. The Morgan fingerprint density at radius 3 is 2.23 bits per heavy atom. The standard InChI is InChI=1S/C23H19NOS/c1-18-12-14-20(15-13-18)22(17-24)25-23-21(19-9-5-4-6-10-19)11-7-2-3-8-16-26-23/h2-16,22H,1H3. The van der Waals surface area contributed by atoms with Gasteiger partial charge < -0.3 is 4.74 Å². The van der Waals surface area contributed by atoms with E-state index in [0.717, 1.165) is 22.3 Å². The van der Waals surface area contributed by atoms with Crippen LogP contribution in [-0.4, -0.2) is 0 Å². The van der Waals surface area contributed by atoms with Crippen LogP contribution in [0, 0.1) is 18.3 Å². The van der Waals surface area contributed by atoms with E-state index in [1.165, 1.54) is 11.3 Å². The second-order valence-electron chi connectivity index (χ2n) is 5.80. The monoisotopic (exact) mass is 357 g/mol. The minimum absolute atomic E-state index is 0.660. The van der Waals surface area contributed by atoms with E-state index in [9.17, 15) is 5.26 Å². The summed E-state index contributed by atoms with van der Waals surface area (Å²) in [4.78, 5) is 0. The molecule has 1 aromatic heterocycles. The molecular formula is C23H19NOS. The lowest BCUT2D eigenvalue weighted by Crippen LogP contribution is -2.05. The molecule has 1 atom stereocenters. The van der Waals surface area contributed by atoms with Crippen molar-refractivity contribution in [2.75, 3.05) is 0 Å². The van der Waals surface area contributed by atoms with Crippen molar-refractivity contribution in [2.45, 2.75) is 13.0 Å². The van der Waals surface area contributed by atoms with Gasteiger partial charge in [-0.1, -0.05) is 84.4 Å². The second-order valence-corrected chi connectivity index (χ2v) is 6.67. The van der Waals surface area contributed by atoms with Gasteiger partial charge in [0.2, 0.25) is 6.10 Å². The van der Waals surface area contributed by atoms with Gasteiger partial charge in [0.05, 0.1) is 0 Å². The Balaban J connectivity index is 2.07. The highest BCUT2D eigenvalue weighted by Crippen LogP contribution is 2.34. The summed E-state index contributed by atoms with van der Waals surface area (Å²) in [5.41, 5.74) is 4.02. The van der Waals surface area contributed by atoms with Crippen LogP contribution in [0.5, 0.6) is 5.06 Å². The van der Waals surface area contributed by atoms with Crippen LogP contribution in [0.4, 0.5) is 0 Å². The zero-order chi connectivity index (χ0) is 18.2. The molecule has 0 fully saturated rings. The van der Waals surface area contributed by atoms with Crippen molar-refractivity contribution in [3.8, 4) is 22.3 Å². The average Bonchev–Trinajstić information content (AvgIpc) is 2.79. The molecule has 0 saturated carbocycles. The molecular weight excluding hydrogens is 338 g/mol. The van der Waals surface area contributed by atoms with Gasteiger partial charge in [-0.05, 0) is 23.9 Å². The summed E-state index contributed by atoms with van der Waals surface area (Å²) < 4.78 is 6.18. The van der Waals surface area contributed by atoms with Gasteiger partial charge in [0.25, 0.3) is 0 Å². The van der Waals surface area contributed by atoms with E-state index < -0.39 is 6.10 Å². The van der Waals surface area contributed by atoms with Crippen LogP contribution >= 0.6 is 11.3 Å². The Bertz CT molecular complexity index is 938. The Morgan fingerprint density at radius 1 is 0.846 bits per heavy atom. The SMILES string of the molecule is Cc1ccc(C(C#N)Oc2sccccccc2-c2ccccc2)cc1. The molecule has 3 rings (SSSR count). The number of hydrogen-bond donors (Lipinski definition) is 0. The van der Waals surface area contributed by atoms with Crippen LogP contribution in [0.3, 0.4) is 0 Å². The third kappa shape index (κ3) is 4.50. The molecule has 2 aromatic carbocycles. The Morgan fingerprint density at radius 2 is 1.50 bits per heavy atom. The summed E-state index contributed by atoms with van der Waals surface area (Å²) in [5, 5.41) is 12.3. The summed E-state index contributed by atoms with van der Waals surface area (Å²) in [7, 11) is 0. The van der Waals surface area contributed by atoms with Crippen molar-refractivity contribution in [1.82, 2.24) is 0 Å². The average molecular weight is 357 g/mol. The Labute approximate surface area is 158 Å². The number of nitrogens with zero attached hydrogens (tertiary/aromatic N) is 1. The number of aryl methyl sites for hydroxylation is 1. The largest absolute Gasteiger partial charge is 0.461 e. The van der Waals surface area contributed by atoms with E-state index in [0.29, 0.717) is 5.06 Å². The lowest BCUT2D eigenvalue weighted by Gasteiger charge is -2.14. The predicted molar refractivity (Wildman–Crippen MR) is 108 cm³/mol. The lowest BCUT2D eigenvalue weighted by atomic mass is 10.1. The molecule has 0 aliphatic heterocycles. The van der Waals surface area contributed by atoms with Crippen LogP contribution in [0.15, 0.2) is 90.3 Å². The van der Waals surface area contributed by atoms with Gasteiger partial charge in [-0.15, -0.1) is 11.3 Å². The third-order valence-corrected chi connectivity index (χ3v) is 4.70. The first-order chi connectivity index (χ1) is 12.8. The van der Waals surface area contributed by atoms with Gasteiger partial charge in [0.1, 0.15) is 6.07 Å². The Hall–Kier alpha value is -3.09. The lowest BCUT2D eigenvalue weighted by molar-refractivity contribution is 0.271. The summed E-state index contributed by atoms with van der Waals surface area (Å²) in [6.45, 7) is 2.03. The molecule has 0 aliphatic rings. The predicted octanol–water partition coefficient (Wildman–Crippen LogP) is 6.49. The molecule has 128 valence electrons. The molecule has 0 radical (unpaired) electrons. The van der Waals surface area contributed by atoms with E-state index in [-0.39, 0.29) is 0 Å². The van der Waals surface area contributed by atoms with Crippen molar-refractivity contribution in [2.24, 2.45) is 0 Å². The number of ether oxygens (including phenoxy) is 1. The molecule has 0 N–H and O–H groups in total. The summed E-state index contributed by atoms with van der Waals surface area (Å²) in [6.07, 6.45) is -0.660. The van der Waals surface area contributed by atoms with Crippen molar-refractivity contribution < 1.29 is 4.74 Å². The van der Waals surface area contributed by atoms with Crippen LogP contribution < -0.4 is 4.74 Å². The maximum Gasteiger partial charge on any atom is 0.210 e. The first-order valence-electron chi connectivity index (χ1n) is 8.37. The summed E-state index contributed by atoms with van der Waals surface area (Å²) in [6, 6.07) is 30.1. The fourth-order valence-corrected chi connectivity index (χ4v) is 3.26. The maximum absolute atomic E-state index is 9.66. The molecule has 0 spiro atoms. The van der Waals surface area contributed by atoms with Gasteiger partial charge in [0, 0.05) is 11.1 Å². The van der Waals surface area contributed by atoms with E-state index in [4.69, 9.17) is 4.74 Å². The highest BCUT2D eigenvalue weighted by Gasteiger charge is 2.15. The molecule has 1 heterocycles. The van der Waals surface area contributed by atoms with Crippen LogP contribution in [0.25, 0.3) is 11.1 Å². The molecule has 3 heteroatoms. The topological polar surface area (TPSA) is 33.0 Å². The van der Waals surface area contributed by atoms with Gasteiger partial charge >= 0.3 is 0 Å². The number of hydrogen-bond acceptors (Lipinski definition) is 3. The van der Waals surface area contributed by atoms with Crippen LogP contribution in [0.1, 0.15) is 17.2 Å². The van der Waals surface area contributed by atoms with Gasteiger partial charge in [0.15, 0.2) is 5.06 Å². The maximum atomic E-state index is 9.66. The first kappa shape index (κ1) is 17.7. The zero-order valence-corrected chi connectivity index (χ0v) is 15.3. The fraction of sp³-hybridized carbons (Fsp3) is 0.0870. The van der Waals surface area contributed by atoms with Crippen molar-refractivity contribution >= 4 is 11.3 Å². The number of benzene rings is 2. The quantitative estimate of drug-likeness (QED) is 0.534. The van der Waals surface area contributed by atoms with Gasteiger partial charge in [-0.25, -0.2) is 0 Å². The highest BCUT2D eigenvalue weighted by atomic mass is 32.1. The summed E-state index contributed by atoms with van der Waals surface area (Å²) in [5.74, 6) is 0. The van der Waals surface area contributed by atoms with E-state index in [1.807, 2.05) is 97.2 Å². The molecule has 26 heavy (non-hydrogen) atoms. The molecule has 0 aliphatic carbocycles. The molecule has 0 saturated heterocycles. The van der Waals surface area contributed by atoms with E-state index in [2.05, 4.69) is 6.07 Å². The highest BCUT2D eigenvalue weighted by molar-refractivity contribution is 7.11. The van der Waals surface area contributed by atoms with Crippen molar-refractivity contribution in [3.63, 3.8) is 0 Å². The first-order valence-corrected chi connectivity index (χ1v) is 9.25. The molecule has 2 nitrogen and oxygen atoms in total. The van der Waals surface area contributed by atoms with Gasteiger partial charge in [-0.3, -0.25) is 0 Å². The molecule has 0 amide bonds. The molecule has 0 bridgehead atoms. The zero-order valence-electron chi connectivity index (χ0n) is 14.5. The third-order valence-electron chi connectivity index (χ3n) is 3.88. The van der Waals surface area contributed by atoms with E-state index in [1.54, 1.807) is 0 Å². The van der Waals surface area contributed by atoms with Gasteiger partial charge in [-0.2, -0.15) is 5.26 Å². The second kappa shape index (κ2) is 8.84. The van der Waals surface area contributed by atoms with Crippen molar-refractivity contribution in [3.05, 3.63) is 101 Å². The summed E-state index contributed by atoms with van der Waals surface area (Å²) >= 11 is 1.48. The Kier molecular flexibility index (Phi) is 6.03. The minimum atomic E-state index is -0.660. The normalized spacial score (nSPS) is 11.1. The van der Waals surface area contributed by atoms with Crippen molar-refractivity contribution in [1.29, 1.82) is 5.26 Å². The van der Waals surface area contributed by atoms with E-state index >= 15 is 0 Å².